The van der Waals surface area contributed by atoms with Crippen LogP contribution in [-0.2, 0) is 20.8 Å². The van der Waals surface area contributed by atoms with E-state index in [1.165, 1.54) is 23.2 Å². The van der Waals surface area contributed by atoms with Gasteiger partial charge in [0.2, 0.25) is 18.0 Å². The van der Waals surface area contributed by atoms with Crippen molar-refractivity contribution in [3.8, 4) is 0 Å². The van der Waals surface area contributed by atoms with Crippen LogP contribution in [0.25, 0.3) is 0 Å². The fraction of sp³-hybridized carbons (Fsp3) is 0.286. The van der Waals surface area contributed by atoms with E-state index < -0.39 is 36.6 Å². The molecular formula is C28H27F3N4O3S. The molecule has 4 rings (SSSR count). The fourth-order valence-corrected chi connectivity index (χ4v) is 4.91. The molecule has 11 heteroatoms. The predicted molar refractivity (Wildman–Crippen MR) is 144 cm³/mol. The van der Waals surface area contributed by atoms with Gasteiger partial charge in [-0.2, -0.15) is 13.2 Å². The Morgan fingerprint density at radius 2 is 1.77 bits per heavy atom. The lowest BCUT2D eigenvalue weighted by atomic mass is 10.00. The van der Waals surface area contributed by atoms with Crippen molar-refractivity contribution >= 4 is 40.5 Å². The topological polar surface area (TPSA) is 90.9 Å². The van der Waals surface area contributed by atoms with Gasteiger partial charge in [0.1, 0.15) is 6.04 Å². The van der Waals surface area contributed by atoms with Gasteiger partial charge in [0, 0.05) is 29.0 Å². The first-order chi connectivity index (χ1) is 18.6. The summed E-state index contributed by atoms with van der Waals surface area (Å²) in [7, 11) is 0. The van der Waals surface area contributed by atoms with Gasteiger partial charge in [0.25, 0.3) is 5.91 Å². The van der Waals surface area contributed by atoms with Gasteiger partial charge < -0.3 is 15.5 Å². The van der Waals surface area contributed by atoms with Gasteiger partial charge in [-0.3, -0.25) is 14.4 Å². The van der Waals surface area contributed by atoms with Crippen LogP contribution in [0.1, 0.15) is 35.8 Å². The average molecular weight is 557 g/mol. The van der Waals surface area contributed by atoms with E-state index in [9.17, 15) is 27.6 Å². The summed E-state index contributed by atoms with van der Waals surface area (Å²) in [5, 5.41) is 7.05. The van der Waals surface area contributed by atoms with Gasteiger partial charge in [-0.15, -0.1) is 11.3 Å². The highest BCUT2D eigenvalue weighted by Crippen LogP contribution is 2.30. The maximum Gasteiger partial charge on any atom is 0.389 e. The van der Waals surface area contributed by atoms with E-state index in [2.05, 4.69) is 15.6 Å². The summed E-state index contributed by atoms with van der Waals surface area (Å²) in [4.78, 5) is 45.8. The van der Waals surface area contributed by atoms with Crippen molar-refractivity contribution in [3.63, 3.8) is 0 Å². The minimum absolute atomic E-state index is 0.107. The molecule has 0 fully saturated rings. The molecular weight excluding hydrogens is 529 g/mol. The Bertz CT molecular complexity index is 1340. The van der Waals surface area contributed by atoms with Crippen LogP contribution in [0, 0.1) is 0 Å². The van der Waals surface area contributed by atoms with Crippen molar-refractivity contribution in [1.82, 2.24) is 10.6 Å². The maximum absolute atomic E-state index is 13.7. The molecule has 204 valence electrons. The first kappa shape index (κ1) is 28.0. The lowest BCUT2D eigenvalue weighted by Crippen LogP contribution is -2.53. The number of anilines is 1. The second-order valence-corrected chi connectivity index (χ2v) is 10.1. The van der Waals surface area contributed by atoms with E-state index >= 15 is 0 Å². The average Bonchev–Trinajstić information content (AvgIpc) is 3.37. The largest absolute Gasteiger partial charge is 0.389 e. The number of aliphatic imine (C=N–C) groups is 1. The van der Waals surface area contributed by atoms with E-state index in [0.717, 1.165) is 4.88 Å². The summed E-state index contributed by atoms with van der Waals surface area (Å²) >= 11 is 1.42. The maximum atomic E-state index is 13.7. The fourth-order valence-electron chi connectivity index (χ4n) is 4.21. The summed E-state index contributed by atoms with van der Waals surface area (Å²) in [6, 6.07) is 18.5. The molecule has 7 nitrogen and oxygen atoms in total. The molecule has 1 aliphatic rings. The van der Waals surface area contributed by atoms with Crippen molar-refractivity contribution in [2.75, 3.05) is 11.4 Å². The summed E-state index contributed by atoms with van der Waals surface area (Å²) in [5.41, 5.74) is 2.04. The third-order valence-electron chi connectivity index (χ3n) is 6.06. The zero-order valence-electron chi connectivity index (χ0n) is 21.1. The van der Waals surface area contributed by atoms with E-state index in [-0.39, 0.29) is 25.3 Å². The number of alkyl halides is 3. The lowest BCUT2D eigenvalue weighted by molar-refractivity contribution is -0.135. The molecule has 39 heavy (non-hydrogen) atoms. The normalized spacial score (nSPS) is 16.1. The van der Waals surface area contributed by atoms with Crippen LogP contribution in [0.3, 0.4) is 0 Å². The monoisotopic (exact) mass is 556 g/mol. The molecule has 0 radical (unpaired) electrons. The number of amides is 3. The number of para-hydroxylation sites is 1. The number of halogens is 3. The number of nitrogens with one attached hydrogen (secondary N) is 2. The highest BCUT2D eigenvalue weighted by atomic mass is 32.1. The van der Waals surface area contributed by atoms with Crippen LogP contribution < -0.4 is 15.5 Å². The Hall–Kier alpha value is -3.99. The predicted octanol–water partition coefficient (Wildman–Crippen LogP) is 4.46. The Balaban J connectivity index is 1.61. The molecule has 0 saturated carbocycles. The molecule has 0 aliphatic carbocycles. The van der Waals surface area contributed by atoms with Crippen molar-refractivity contribution in [1.29, 1.82) is 0 Å². The molecule has 0 bridgehead atoms. The van der Waals surface area contributed by atoms with Crippen LogP contribution in [0.5, 0.6) is 0 Å². The first-order valence-electron chi connectivity index (χ1n) is 12.4. The van der Waals surface area contributed by atoms with Gasteiger partial charge in [-0.05, 0) is 30.9 Å². The Morgan fingerprint density at radius 3 is 2.46 bits per heavy atom. The third-order valence-corrected chi connectivity index (χ3v) is 6.94. The molecule has 1 aliphatic heterocycles. The molecule has 3 amide bonds. The van der Waals surface area contributed by atoms with Crippen molar-refractivity contribution in [3.05, 3.63) is 88.1 Å². The van der Waals surface area contributed by atoms with E-state index in [0.29, 0.717) is 22.5 Å². The quantitative estimate of drug-likeness (QED) is 0.408. The second kappa shape index (κ2) is 12.2. The van der Waals surface area contributed by atoms with Crippen LogP contribution in [0.2, 0.25) is 0 Å². The van der Waals surface area contributed by atoms with Gasteiger partial charge in [-0.25, -0.2) is 4.99 Å². The van der Waals surface area contributed by atoms with Crippen molar-refractivity contribution in [2.24, 2.45) is 4.99 Å². The lowest BCUT2D eigenvalue weighted by Gasteiger charge is -2.26. The number of rotatable bonds is 9. The zero-order chi connectivity index (χ0) is 28.0. The number of hydrogen-bond donors (Lipinski definition) is 2. The van der Waals surface area contributed by atoms with Crippen LogP contribution in [-0.4, -0.2) is 48.4 Å². The van der Waals surface area contributed by atoms with Gasteiger partial charge in [-0.1, -0.05) is 54.6 Å². The number of fused-ring (bicyclic) bond motifs is 1. The van der Waals surface area contributed by atoms with E-state index in [1.807, 2.05) is 23.6 Å². The number of carbonyl (C=O) groups excluding carboxylic acids is 3. The van der Waals surface area contributed by atoms with E-state index in [4.69, 9.17) is 0 Å². The highest BCUT2D eigenvalue weighted by molar-refractivity contribution is 7.10. The summed E-state index contributed by atoms with van der Waals surface area (Å²) in [5.74, 6) is -1.67. The number of thiophene rings is 1. The standard InChI is InChI=1S/C28H27F3N4O3S/c1-18(32-23(36)17-20-11-7-16-39-20)26(37)34-25-27(38)35(15-8-14-28(29,30)31)22-13-6-5-12-21(22)24(33-25)19-9-3-2-4-10-19/h2-7,9-13,16,18,25H,8,14-15,17H2,1H3,(H,32,36)(H,34,37)/t18-,25?/m0/s1. The summed E-state index contributed by atoms with van der Waals surface area (Å²) in [6.45, 7) is 1.27. The van der Waals surface area contributed by atoms with E-state index in [1.54, 1.807) is 48.5 Å². The first-order valence-corrected chi connectivity index (χ1v) is 13.2. The molecule has 1 aromatic heterocycles. The Kier molecular flexibility index (Phi) is 8.80. The molecule has 2 heterocycles. The summed E-state index contributed by atoms with van der Waals surface area (Å²) in [6.07, 6.45) is -7.06. The Morgan fingerprint density at radius 1 is 1.05 bits per heavy atom. The molecule has 0 spiro atoms. The second-order valence-electron chi connectivity index (χ2n) is 9.03. The Labute approximate surface area is 227 Å². The van der Waals surface area contributed by atoms with Crippen molar-refractivity contribution in [2.45, 2.75) is 44.6 Å². The summed E-state index contributed by atoms with van der Waals surface area (Å²) < 4.78 is 38.7. The minimum atomic E-state index is -4.37. The third kappa shape index (κ3) is 7.32. The number of carbonyl (C=O) groups is 3. The minimum Gasteiger partial charge on any atom is -0.344 e. The number of benzodiazepines with no additional fused rings is 1. The number of benzene rings is 2. The van der Waals surface area contributed by atoms with Crippen LogP contribution in [0.15, 0.2) is 77.1 Å². The van der Waals surface area contributed by atoms with Crippen LogP contribution in [0.4, 0.5) is 18.9 Å². The molecule has 3 aromatic rings. The highest BCUT2D eigenvalue weighted by Gasteiger charge is 2.35. The SMILES string of the molecule is C[C@H](NC(=O)Cc1cccs1)C(=O)NC1N=C(c2ccccc2)c2ccccc2N(CCCC(F)(F)F)C1=O. The molecule has 0 saturated heterocycles. The zero-order valence-corrected chi connectivity index (χ0v) is 21.9. The molecule has 2 atom stereocenters. The van der Waals surface area contributed by atoms with Gasteiger partial charge in [0.15, 0.2) is 0 Å². The number of nitrogens with zero attached hydrogens (tertiary/aromatic N) is 2. The van der Waals surface area contributed by atoms with Crippen molar-refractivity contribution < 1.29 is 27.6 Å². The van der Waals surface area contributed by atoms with Gasteiger partial charge in [0.05, 0.1) is 17.8 Å². The molecule has 2 aromatic carbocycles. The molecule has 1 unspecified atom stereocenters. The van der Waals surface area contributed by atoms with Crippen LogP contribution >= 0.6 is 11.3 Å². The van der Waals surface area contributed by atoms with Gasteiger partial charge >= 0.3 is 6.18 Å². The number of hydrogen-bond acceptors (Lipinski definition) is 5. The molecule has 2 N–H and O–H groups in total. The smallest absolute Gasteiger partial charge is 0.344 e.